The quantitative estimate of drug-likeness (QED) is 0.874. The summed E-state index contributed by atoms with van der Waals surface area (Å²) in [6, 6.07) is 3.44. The predicted octanol–water partition coefficient (Wildman–Crippen LogP) is 2.34. The number of hydrogen-bond acceptors (Lipinski definition) is 2. The first-order valence-electron chi connectivity index (χ1n) is 5.72. The van der Waals surface area contributed by atoms with E-state index in [0.29, 0.717) is 5.56 Å². The molecule has 0 amide bonds. The zero-order chi connectivity index (χ0) is 12.6. The average Bonchev–Trinajstić information content (AvgIpc) is 3.02. The molecule has 1 aromatic carbocycles. The highest BCUT2D eigenvalue weighted by Gasteiger charge is 2.51. The van der Waals surface area contributed by atoms with Gasteiger partial charge < -0.3 is 10.0 Å². The van der Waals surface area contributed by atoms with Gasteiger partial charge in [-0.2, -0.15) is 0 Å². The van der Waals surface area contributed by atoms with Crippen LogP contribution < -0.4 is 0 Å². The van der Waals surface area contributed by atoms with Crippen LogP contribution in [0.1, 0.15) is 24.4 Å². The normalized spacial score (nSPS) is 19.4. The highest BCUT2D eigenvalue weighted by Crippen LogP contribution is 2.56. The minimum Gasteiger partial charge on any atom is -0.396 e. The zero-order valence-electron chi connectivity index (χ0n) is 10.1. The summed E-state index contributed by atoms with van der Waals surface area (Å²) in [5.41, 5.74) is 0.199. The van der Waals surface area contributed by atoms with E-state index >= 15 is 0 Å². The Morgan fingerprint density at radius 2 is 2.00 bits per heavy atom. The number of aliphatic hydroxyl groups excluding tert-OH is 1. The van der Waals surface area contributed by atoms with Crippen LogP contribution in [-0.4, -0.2) is 30.7 Å². The van der Waals surface area contributed by atoms with Crippen LogP contribution in [0.3, 0.4) is 0 Å². The summed E-state index contributed by atoms with van der Waals surface area (Å²) in [6.07, 6.45) is 1.76. The number of nitrogens with zero attached hydrogens (tertiary/aromatic N) is 1. The second-order valence-corrected chi connectivity index (χ2v) is 5.05. The van der Waals surface area contributed by atoms with Crippen LogP contribution in [-0.2, 0) is 0 Å². The first-order valence-corrected chi connectivity index (χ1v) is 5.72. The number of hydrogen-bond donors (Lipinski definition) is 1. The molecule has 0 radical (unpaired) electrons. The smallest absolute Gasteiger partial charge is 0.130 e. The molecule has 2 nitrogen and oxygen atoms in total. The fourth-order valence-electron chi connectivity index (χ4n) is 2.56. The molecule has 0 heterocycles. The first kappa shape index (κ1) is 12.5. The number of rotatable bonds is 4. The average molecular weight is 241 g/mol. The Morgan fingerprint density at radius 1 is 1.35 bits per heavy atom. The summed E-state index contributed by atoms with van der Waals surface area (Å²) in [6.45, 7) is 0.0344. The summed E-state index contributed by atoms with van der Waals surface area (Å²) < 4.78 is 26.7. The van der Waals surface area contributed by atoms with Crippen molar-refractivity contribution in [2.24, 2.45) is 5.41 Å². The van der Waals surface area contributed by atoms with Crippen LogP contribution >= 0.6 is 0 Å². The number of aliphatic hydroxyl groups is 1. The lowest BCUT2D eigenvalue weighted by molar-refractivity contribution is 0.113. The molecule has 17 heavy (non-hydrogen) atoms. The summed E-state index contributed by atoms with van der Waals surface area (Å²) in [5, 5.41) is 9.46. The molecule has 1 saturated carbocycles. The van der Waals surface area contributed by atoms with E-state index < -0.39 is 11.6 Å². The van der Waals surface area contributed by atoms with Gasteiger partial charge in [0, 0.05) is 23.1 Å². The monoisotopic (exact) mass is 241 g/mol. The van der Waals surface area contributed by atoms with E-state index in [1.165, 1.54) is 12.1 Å². The van der Waals surface area contributed by atoms with Crippen LogP contribution in [0, 0.1) is 17.0 Å². The fraction of sp³-hybridized carbons (Fsp3) is 0.538. The van der Waals surface area contributed by atoms with Gasteiger partial charge in [-0.05, 0) is 33.0 Å². The van der Waals surface area contributed by atoms with Crippen molar-refractivity contribution in [3.63, 3.8) is 0 Å². The van der Waals surface area contributed by atoms with Gasteiger partial charge in [-0.3, -0.25) is 0 Å². The van der Waals surface area contributed by atoms with Gasteiger partial charge in [0.05, 0.1) is 6.61 Å². The largest absolute Gasteiger partial charge is 0.396 e. The molecule has 1 aromatic rings. The Bertz CT molecular complexity index is 416. The van der Waals surface area contributed by atoms with Crippen molar-refractivity contribution < 1.29 is 13.9 Å². The van der Waals surface area contributed by atoms with Crippen molar-refractivity contribution in [2.75, 3.05) is 20.7 Å². The summed E-state index contributed by atoms with van der Waals surface area (Å²) >= 11 is 0. The first-order chi connectivity index (χ1) is 8.00. The Kier molecular flexibility index (Phi) is 3.19. The van der Waals surface area contributed by atoms with Crippen LogP contribution in [0.4, 0.5) is 8.78 Å². The van der Waals surface area contributed by atoms with Gasteiger partial charge >= 0.3 is 0 Å². The van der Waals surface area contributed by atoms with Gasteiger partial charge in [0.25, 0.3) is 0 Å². The van der Waals surface area contributed by atoms with Crippen molar-refractivity contribution in [2.45, 2.75) is 18.9 Å². The molecular formula is C13H17F2NO. The maximum atomic E-state index is 13.8. The van der Waals surface area contributed by atoms with Crippen molar-refractivity contribution in [3.05, 3.63) is 35.4 Å². The molecule has 1 aliphatic rings. The van der Waals surface area contributed by atoms with E-state index in [2.05, 4.69) is 0 Å². The lowest BCUT2D eigenvalue weighted by Crippen LogP contribution is -2.31. The maximum absolute atomic E-state index is 13.8. The molecule has 1 atom stereocenters. The highest BCUT2D eigenvalue weighted by molar-refractivity contribution is 5.26. The standard InChI is InChI=1S/C13H17F2NO/c1-16(2)12(13(8-17)5-6-13)10-4-3-9(14)7-11(10)15/h3-4,7,12,17H,5-6,8H2,1-2H3. The third-order valence-corrected chi connectivity index (χ3v) is 3.56. The summed E-state index contributed by atoms with van der Waals surface area (Å²) in [5.74, 6) is -1.11. The fourth-order valence-corrected chi connectivity index (χ4v) is 2.56. The third-order valence-electron chi connectivity index (χ3n) is 3.56. The van der Waals surface area contributed by atoms with Crippen LogP contribution in [0.25, 0.3) is 0 Å². The minimum absolute atomic E-state index is 0.0344. The molecule has 0 bridgehead atoms. The van der Waals surface area contributed by atoms with Gasteiger partial charge in [0.2, 0.25) is 0 Å². The molecule has 1 unspecified atom stereocenters. The van der Waals surface area contributed by atoms with Gasteiger partial charge in [-0.1, -0.05) is 6.07 Å². The topological polar surface area (TPSA) is 23.5 Å². The summed E-state index contributed by atoms with van der Waals surface area (Å²) in [7, 11) is 3.70. The van der Waals surface area contributed by atoms with E-state index in [1.54, 1.807) is 0 Å². The molecule has 94 valence electrons. The second-order valence-electron chi connectivity index (χ2n) is 5.05. The molecule has 1 fully saturated rings. The summed E-state index contributed by atoms with van der Waals surface area (Å²) in [4.78, 5) is 1.89. The number of benzene rings is 1. The van der Waals surface area contributed by atoms with Crippen LogP contribution in [0.5, 0.6) is 0 Å². The van der Waals surface area contributed by atoms with Crippen molar-refractivity contribution in [1.29, 1.82) is 0 Å². The Morgan fingerprint density at radius 3 is 2.41 bits per heavy atom. The minimum atomic E-state index is -0.572. The van der Waals surface area contributed by atoms with Gasteiger partial charge in [0.15, 0.2) is 0 Å². The number of halogens is 2. The van der Waals surface area contributed by atoms with Crippen LogP contribution in [0.2, 0.25) is 0 Å². The molecule has 0 saturated heterocycles. The third kappa shape index (κ3) is 2.19. The van der Waals surface area contributed by atoms with Gasteiger partial charge in [-0.25, -0.2) is 8.78 Å². The molecule has 4 heteroatoms. The molecular weight excluding hydrogens is 224 g/mol. The Hall–Kier alpha value is -1.00. The molecule has 0 aliphatic heterocycles. The maximum Gasteiger partial charge on any atom is 0.130 e. The molecule has 1 N–H and O–H groups in total. The van der Waals surface area contributed by atoms with E-state index in [9.17, 15) is 13.9 Å². The zero-order valence-corrected chi connectivity index (χ0v) is 10.1. The van der Waals surface area contributed by atoms with Crippen molar-refractivity contribution >= 4 is 0 Å². The Labute approximate surface area is 99.9 Å². The van der Waals surface area contributed by atoms with Crippen LogP contribution in [0.15, 0.2) is 18.2 Å². The second kappa shape index (κ2) is 4.35. The SMILES string of the molecule is CN(C)C(c1ccc(F)cc1F)C1(CO)CC1. The molecule has 1 aliphatic carbocycles. The van der Waals surface area contributed by atoms with E-state index in [-0.39, 0.29) is 18.1 Å². The lowest BCUT2D eigenvalue weighted by atomic mass is 9.89. The van der Waals surface area contributed by atoms with Gasteiger partial charge in [0.1, 0.15) is 11.6 Å². The van der Waals surface area contributed by atoms with Crippen molar-refractivity contribution in [3.8, 4) is 0 Å². The predicted molar refractivity (Wildman–Crippen MR) is 61.5 cm³/mol. The van der Waals surface area contributed by atoms with Crippen molar-refractivity contribution in [1.82, 2.24) is 4.90 Å². The van der Waals surface area contributed by atoms with E-state index in [4.69, 9.17) is 0 Å². The Balaban J connectivity index is 2.40. The molecule has 0 spiro atoms. The van der Waals surface area contributed by atoms with Gasteiger partial charge in [-0.15, -0.1) is 0 Å². The van der Waals surface area contributed by atoms with E-state index in [1.807, 2.05) is 19.0 Å². The molecule has 2 rings (SSSR count). The van der Waals surface area contributed by atoms with E-state index in [0.717, 1.165) is 18.9 Å². The lowest BCUT2D eigenvalue weighted by Gasteiger charge is -2.32. The molecule has 0 aromatic heterocycles. The highest BCUT2D eigenvalue weighted by atomic mass is 19.1.